The number of hydrogen-bond acceptors (Lipinski definition) is 6. The molecule has 0 bridgehead atoms. The van der Waals surface area contributed by atoms with Crippen molar-refractivity contribution in [2.75, 3.05) is 26.2 Å². The third-order valence-corrected chi connectivity index (χ3v) is 6.58. The second-order valence-electron chi connectivity index (χ2n) is 6.53. The molecule has 1 amide bonds. The van der Waals surface area contributed by atoms with E-state index in [2.05, 4.69) is 0 Å². The van der Waals surface area contributed by atoms with Crippen molar-refractivity contribution in [2.45, 2.75) is 17.9 Å². The van der Waals surface area contributed by atoms with Crippen LogP contribution in [0.1, 0.15) is 6.92 Å². The van der Waals surface area contributed by atoms with Gasteiger partial charge in [0.15, 0.2) is 11.0 Å². The maximum Gasteiger partial charge on any atom is 0.289 e. The highest BCUT2D eigenvalue weighted by Crippen LogP contribution is 2.27. The van der Waals surface area contributed by atoms with Crippen molar-refractivity contribution in [3.63, 3.8) is 0 Å². The summed E-state index contributed by atoms with van der Waals surface area (Å²) >= 11 is 0. The summed E-state index contributed by atoms with van der Waals surface area (Å²) in [4.78, 5) is 24.3. The number of nitro groups is 1. The largest absolute Gasteiger partial charge is 0.481 e. The van der Waals surface area contributed by atoms with Gasteiger partial charge in [0.2, 0.25) is 10.0 Å². The van der Waals surface area contributed by atoms with Crippen molar-refractivity contribution in [1.82, 2.24) is 9.21 Å². The van der Waals surface area contributed by atoms with Gasteiger partial charge in [-0.05, 0) is 25.1 Å². The molecule has 29 heavy (non-hydrogen) atoms. The van der Waals surface area contributed by atoms with E-state index in [0.717, 1.165) is 6.07 Å². The molecule has 3 rings (SSSR count). The van der Waals surface area contributed by atoms with Crippen LogP contribution in [0.15, 0.2) is 59.5 Å². The van der Waals surface area contributed by atoms with Crippen molar-refractivity contribution in [3.8, 4) is 5.75 Å². The Morgan fingerprint density at radius 1 is 1.03 bits per heavy atom. The van der Waals surface area contributed by atoms with Crippen LogP contribution in [0, 0.1) is 10.1 Å². The van der Waals surface area contributed by atoms with Crippen LogP contribution in [0.4, 0.5) is 5.69 Å². The zero-order valence-corrected chi connectivity index (χ0v) is 16.6. The molecule has 1 atom stereocenters. The van der Waals surface area contributed by atoms with Crippen LogP contribution in [0.5, 0.6) is 5.75 Å². The maximum absolute atomic E-state index is 12.9. The maximum atomic E-state index is 12.9. The summed E-state index contributed by atoms with van der Waals surface area (Å²) < 4.78 is 32.5. The summed E-state index contributed by atoms with van der Waals surface area (Å²) in [6.07, 6.45) is -0.712. The van der Waals surface area contributed by atoms with E-state index in [9.17, 15) is 23.3 Å². The quantitative estimate of drug-likeness (QED) is 0.522. The smallest absolute Gasteiger partial charge is 0.289 e. The van der Waals surface area contributed by atoms with Crippen LogP contribution < -0.4 is 4.74 Å². The Bertz CT molecular complexity index is 988. The number of amides is 1. The van der Waals surface area contributed by atoms with Crippen LogP contribution in [0.2, 0.25) is 0 Å². The van der Waals surface area contributed by atoms with Gasteiger partial charge in [-0.3, -0.25) is 14.9 Å². The first-order chi connectivity index (χ1) is 13.8. The summed E-state index contributed by atoms with van der Waals surface area (Å²) in [5, 5.41) is 11.2. The molecule has 0 aromatic heterocycles. The Morgan fingerprint density at radius 2 is 1.62 bits per heavy atom. The molecule has 1 heterocycles. The number of nitrogens with zero attached hydrogens (tertiary/aromatic N) is 3. The lowest BCUT2D eigenvalue weighted by molar-refractivity contribution is -0.387. The van der Waals surface area contributed by atoms with Gasteiger partial charge in [0.25, 0.3) is 11.6 Å². The SMILES string of the molecule is C[C@@H](Oc1ccccc1)C(=O)N1CCN(S(=O)(=O)c2ccccc2[N+](=O)[O-])CC1. The highest BCUT2D eigenvalue weighted by atomic mass is 32.2. The number of piperazine rings is 1. The molecule has 1 aliphatic rings. The first kappa shape index (κ1) is 20.7. The molecular formula is C19H21N3O6S. The van der Waals surface area contributed by atoms with E-state index in [1.165, 1.54) is 22.5 Å². The Balaban J connectivity index is 1.65. The Labute approximate surface area is 168 Å². The normalized spacial score (nSPS) is 16.2. The van der Waals surface area contributed by atoms with Crippen LogP contribution >= 0.6 is 0 Å². The van der Waals surface area contributed by atoms with Gasteiger partial charge >= 0.3 is 0 Å². The summed E-state index contributed by atoms with van der Waals surface area (Å²) in [6, 6.07) is 14.2. The number of nitro benzene ring substituents is 1. The molecule has 2 aromatic rings. The molecule has 0 N–H and O–H groups in total. The fraction of sp³-hybridized carbons (Fsp3) is 0.316. The lowest BCUT2D eigenvalue weighted by atomic mass is 10.3. The monoisotopic (exact) mass is 419 g/mol. The summed E-state index contributed by atoms with van der Waals surface area (Å²) in [5.41, 5.74) is -0.462. The lowest BCUT2D eigenvalue weighted by Gasteiger charge is -2.35. The molecule has 154 valence electrons. The molecule has 0 spiro atoms. The van der Waals surface area contributed by atoms with Crippen molar-refractivity contribution in [2.24, 2.45) is 0 Å². The number of ether oxygens (including phenoxy) is 1. The van der Waals surface area contributed by atoms with E-state index in [4.69, 9.17) is 4.74 Å². The lowest BCUT2D eigenvalue weighted by Crippen LogP contribution is -2.53. The summed E-state index contributed by atoms with van der Waals surface area (Å²) in [5.74, 6) is 0.336. The molecule has 0 aliphatic carbocycles. The zero-order chi connectivity index (χ0) is 21.0. The Kier molecular flexibility index (Phi) is 6.14. The minimum Gasteiger partial charge on any atom is -0.481 e. The third kappa shape index (κ3) is 4.54. The van der Waals surface area contributed by atoms with Crippen LogP contribution in [-0.2, 0) is 14.8 Å². The van der Waals surface area contributed by atoms with E-state index in [1.54, 1.807) is 36.1 Å². The number of carbonyl (C=O) groups is 1. The first-order valence-corrected chi connectivity index (χ1v) is 10.5. The molecule has 0 unspecified atom stereocenters. The molecular weight excluding hydrogens is 398 g/mol. The number of carbonyl (C=O) groups excluding carboxylic acids is 1. The minimum atomic E-state index is -4.03. The van der Waals surface area contributed by atoms with E-state index in [-0.39, 0.29) is 37.0 Å². The van der Waals surface area contributed by atoms with Gasteiger partial charge in [0.05, 0.1) is 4.92 Å². The fourth-order valence-corrected chi connectivity index (χ4v) is 4.70. The van der Waals surface area contributed by atoms with Gasteiger partial charge in [0.1, 0.15) is 5.75 Å². The van der Waals surface area contributed by atoms with Gasteiger partial charge < -0.3 is 9.64 Å². The van der Waals surface area contributed by atoms with Crippen LogP contribution in [0.25, 0.3) is 0 Å². The van der Waals surface area contributed by atoms with E-state index >= 15 is 0 Å². The number of benzene rings is 2. The van der Waals surface area contributed by atoms with Crippen molar-refractivity contribution in [1.29, 1.82) is 0 Å². The summed E-state index contributed by atoms with van der Waals surface area (Å²) in [7, 11) is -4.03. The average Bonchev–Trinajstić information content (AvgIpc) is 2.74. The van der Waals surface area contributed by atoms with Gasteiger partial charge in [-0.1, -0.05) is 30.3 Å². The number of sulfonamides is 1. The molecule has 10 heteroatoms. The van der Waals surface area contributed by atoms with Gasteiger partial charge in [-0.25, -0.2) is 8.42 Å². The van der Waals surface area contributed by atoms with E-state index < -0.39 is 26.7 Å². The molecule has 0 radical (unpaired) electrons. The van der Waals surface area contributed by atoms with Crippen LogP contribution in [-0.4, -0.2) is 60.7 Å². The topological polar surface area (TPSA) is 110 Å². The highest BCUT2D eigenvalue weighted by molar-refractivity contribution is 7.89. The first-order valence-electron chi connectivity index (χ1n) is 9.05. The van der Waals surface area contributed by atoms with Crippen molar-refractivity contribution >= 4 is 21.6 Å². The summed E-state index contributed by atoms with van der Waals surface area (Å²) in [6.45, 7) is 2.12. The van der Waals surface area contributed by atoms with Gasteiger partial charge in [-0.15, -0.1) is 0 Å². The Morgan fingerprint density at radius 3 is 2.24 bits per heavy atom. The molecule has 0 saturated carbocycles. The molecule has 9 nitrogen and oxygen atoms in total. The van der Waals surface area contributed by atoms with Gasteiger partial charge in [-0.2, -0.15) is 4.31 Å². The van der Waals surface area contributed by atoms with Gasteiger partial charge in [0, 0.05) is 32.2 Å². The Hall–Kier alpha value is -2.98. The third-order valence-electron chi connectivity index (χ3n) is 4.63. The average molecular weight is 419 g/mol. The van der Waals surface area contributed by atoms with Crippen molar-refractivity contribution < 1.29 is 22.9 Å². The minimum absolute atomic E-state index is 0.0537. The molecule has 2 aromatic carbocycles. The highest BCUT2D eigenvalue weighted by Gasteiger charge is 2.35. The van der Waals surface area contributed by atoms with Crippen LogP contribution in [0.3, 0.4) is 0 Å². The molecule has 1 saturated heterocycles. The predicted octanol–water partition coefficient (Wildman–Crippen LogP) is 1.90. The standard InChI is InChI=1S/C19H21N3O6S/c1-15(28-16-7-3-2-4-8-16)19(23)20-11-13-21(14-12-20)29(26,27)18-10-6-5-9-17(18)22(24)25/h2-10,15H,11-14H2,1H3/t15-/m1/s1. The fourth-order valence-electron chi connectivity index (χ4n) is 3.12. The number of para-hydroxylation sites is 2. The number of rotatable bonds is 6. The second kappa shape index (κ2) is 8.58. The molecule has 1 fully saturated rings. The van der Waals surface area contributed by atoms with E-state index in [1.807, 2.05) is 6.07 Å². The zero-order valence-electron chi connectivity index (χ0n) is 15.8. The molecule has 1 aliphatic heterocycles. The van der Waals surface area contributed by atoms with Crippen molar-refractivity contribution in [3.05, 3.63) is 64.7 Å². The predicted molar refractivity (Wildman–Crippen MR) is 105 cm³/mol. The number of hydrogen-bond donors (Lipinski definition) is 0. The van der Waals surface area contributed by atoms with E-state index in [0.29, 0.717) is 5.75 Å². The second-order valence-corrected chi connectivity index (χ2v) is 8.43.